The number of nitrogens with zero attached hydrogens (tertiary/aromatic N) is 5. The van der Waals surface area contributed by atoms with E-state index in [9.17, 15) is 9.59 Å². The average Bonchev–Trinajstić information content (AvgIpc) is 3.32. The van der Waals surface area contributed by atoms with E-state index in [2.05, 4.69) is 15.9 Å². The highest BCUT2D eigenvalue weighted by Crippen LogP contribution is 2.20. The molecule has 0 saturated carbocycles. The third kappa shape index (κ3) is 6.68. The minimum absolute atomic E-state index is 0.0130. The first-order chi connectivity index (χ1) is 15.1. The number of carbonyl (C=O) groups is 2. The van der Waals surface area contributed by atoms with Crippen LogP contribution in [0, 0.1) is 11.3 Å². The summed E-state index contributed by atoms with van der Waals surface area (Å²) < 4.78 is 5.48. The Bertz CT molecular complexity index is 762. The molecule has 2 amide bonds. The molecule has 2 heterocycles. The summed E-state index contributed by atoms with van der Waals surface area (Å²) in [4.78, 5) is 33.3. The number of likely N-dealkylation sites (tertiary alicyclic amines) is 1. The molecule has 168 valence electrons. The van der Waals surface area contributed by atoms with Crippen molar-refractivity contribution in [1.82, 2.24) is 14.7 Å². The minimum Gasteiger partial charge on any atom is -0.494 e. The van der Waals surface area contributed by atoms with Crippen LogP contribution in [0.25, 0.3) is 0 Å². The van der Waals surface area contributed by atoms with Gasteiger partial charge in [0.1, 0.15) is 5.75 Å². The summed E-state index contributed by atoms with van der Waals surface area (Å²) in [6, 6.07) is 9.55. The van der Waals surface area contributed by atoms with Gasteiger partial charge in [0, 0.05) is 51.5 Å². The molecule has 2 saturated heterocycles. The molecule has 0 atom stereocenters. The van der Waals surface area contributed by atoms with Crippen LogP contribution in [0.5, 0.6) is 5.75 Å². The van der Waals surface area contributed by atoms with Gasteiger partial charge in [0.15, 0.2) is 0 Å². The van der Waals surface area contributed by atoms with Crippen LogP contribution in [0.1, 0.15) is 26.2 Å². The minimum atomic E-state index is -0.0130. The first-order valence-electron chi connectivity index (χ1n) is 11.2. The summed E-state index contributed by atoms with van der Waals surface area (Å²) in [7, 11) is 0. The van der Waals surface area contributed by atoms with Gasteiger partial charge in [0.2, 0.25) is 11.8 Å². The molecule has 1 aromatic rings. The van der Waals surface area contributed by atoms with Gasteiger partial charge in [-0.05, 0) is 44.0 Å². The van der Waals surface area contributed by atoms with Gasteiger partial charge in [-0.25, -0.2) is 0 Å². The SMILES string of the molecule is CCOc1ccc(N(CCC#N)C(=O)CN2CCN(CC(=O)N3CCCC3)CC2)cc1. The number of carbonyl (C=O) groups excluding carboxylic acids is 2. The number of amides is 2. The van der Waals surface area contributed by atoms with Crippen molar-refractivity contribution in [3.8, 4) is 11.8 Å². The fraction of sp³-hybridized carbons (Fsp3) is 0.609. The quantitative estimate of drug-likeness (QED) is 0.595. The molecule has 1 aromatic carbocycles. The highest BCUT2D eigenvalue weighted by molar-refractivity contribution is 5.94. The number of hydrogen-bond acceptors (Lipinski definition) is 6. The number of nitriles is 1. The first-order valence-corrected chi connectivity index (χ1v) is 11.2. The van der Waals surface area contributed by atoms with Crippen molar-refractivity contribution in [3.63, 3.8) is 0 Å². The average molecular weight is 428 g/mol. The second kappa shape index (κ2) is 11.7. The fourth-order valence-corrected chi connectivity index (χ4v) is 4.09. The molecule has 2 aliphatic heterocycles. The van der Waals surface area contributed by atoms with Gasteiger partial charge in [0.25, 0.3) is 0 Å². The Labute approximate surface area is 184 Å². The second-order valence-electron chi connectivity index (χ2n) is 8.02. The number of hydrogen-bond donors (Lipinski definition) is 0. The van der Waals surface area contributed by atoms with Crippen molar-refractivity contribution in [2.45, 2.75) is 26.2 Å². The van der Waals surface area contributed by atoms with Crippen LogP contribution in [0.4, 0.5) is 5.69 Å². The molecular formula is C23H33N5O3. The Hall–Kier alpha value is -2.63. The van der Waals surface area contributed by atoms with Crippen molar-refractivity contribution in [1.29, 1.82) is 5.26 Å². The van der Waals surface area contributed by atoms with Crippen LogP contribution >= 0.6 is 0 Å². The molecule has 0 aliphatic carbocycles. The highest BCUT2D eigenvalue weighted by Gasteiger charge is 2.25. The van der Waals surface area contributed by atoms with Crippen molar-refractivity contribution in [2.75, 3.05) is 70.4 Å². The van der Waals surface area contributed by atoms with Crippen LogP contribution in [-0.2, 0) is 9.59 Å². The van der Waals surface area contributed by atoms with Crippen LogP contribution < -0.4 is 9.64 Å². The molecule has 0 unspecified atom stereocenters. The molecule has 0 aromatic heterocycles. The molecule has 8 nitrogen and oxygen atoms in total. The van der Waals surface area contributed by atoms with Gasteiger partial charge in [-0.15, -0.1) is 0 Å². The van der Waals surface area contributed by atoms with Crippen LogP contribution in [0.3, 0.4) is 0 Å². The molecule has 0 bridgehead atoms. The zero-order valence-electron chi connectivity index (χ0n) is 18.5. The topological polar surface area (TPSA) is 80.1 Å². The Morgan fingerprint density at radius 3 is 2.19 bits per heavy atom. The third-order valence-electron chi connectivity index (χ3n) is 5.85. The van der Waals surface area contributed by atoms with E-state index in [1.807, 2.05) is 36.1 Å². The molecule has 8 heteroatoms. The molecule has 2 aliphatic rings. The zero-order chi connectivity index (χ0) is 22.1. The Balaban J connectivity index is 1.50. The van der Waals surface area contributed by atoms with Gasteiger partial charge in [0.05, 0.1) is 32.2 Å². The standard InChI is InChI=1S/C23H33N5O3/c1-2-31-21-8-6-20(7-9-21)28(13-5-10-24)23(30)19-26-16-14-25(15-17-26)18-22(29)27-11-3-4-12-27/h6-9H,2-5,11-19H2,1H3. The summed E-state index contributed by atoms with van der Waals surface area (Å²) in [6.45, 7) is 8.53. The molecule has 2 fully saturated rings. The smallest absolute Gasteiger partial charge is 0.241 e. The maximum Gasteiger partial charge on any atom is 0.241 e. The van der Waals surface area contributed by atoms with Gasteiger partial charge >= 0.3 is 0 Å². The lowest BCUT2D eigenvalue weighted by atomic mass is 10.2. The fourth-order valence-electron chi connectivity index (χ4n) is 4.09. The van der Waals surface area contributed by atoms with Crippen LogP contribution in [0.2, 0.25) is 0 Å². The van der Waals surface area contributed by atoms with Crippen molar-refractivity contribution < 1.29 is 14.3 Å². The maximum absolute atomic E-state index is 13.0. The van der Waals surface area contributed by atoms with Crippen molar-refractivity contribution >= 4 is 17.5 Å². The largest absolute Gasteiger partial charge is 0.494 e. The van der Waals surface area contributed by atoms with E-state index in [-0.39, 0.29) is 18.2 Å². The number of ether oxygens (including phenoxy) is 1. The lowest BCUT2D eigenvalue weighted by molar-refractivity contribution is -0.132. The van der Waals surface area contributed by atoms with Gasteiger partial charge in [-0.2, -0.15) is 5.26 Å². The van der Waals surface area contributed by atoms with E-state index in [1.165, 1.54) is 0 Å². The number of piperazine rings is 1. The van der Waals surface area contributed by atoms with Crippen LogP contribution in [0.15, 0.2) is 24.3 Å². The lowest BCUT2D eigenvalue weighted by Gasteiger charge is -2.35. The number of benzene rings is 1. The summed E-state index contributed by atoms with van der Waals surface area (Å²) >= 11 is 0. The van der Waals surface area contributed by atoms with E-state index in [0.29, 0.717) is 26.2 Å². The highest BCUT2D eigenvalue weighted by atomic mass is 16.5. The third-order valence-corrected chi connectivity index (χ3v) is 5.85. The van der Waals surface area contributed by atoms with Gasteiger partial charge in [-0.3, -0.25) is 19.4 Å². The first kappa shape index (κ1) is 23.0. The molecule has 0 spiro atoms. The number of anilines is 1. The second-order valence-corrected chi connectivity index (χ2v) is 8.02. The number of rotatable bonds is 9. The zero-order valence-corrected chi connectivity index (χ0v) is 18.5. The predicted molar refractivity (Wildman–Crippen MR) is 119 cm³/mol. The molecule has 31 heavy (non-hydrogen) atoms. The predicted octanol–water partition coefficient (Wildman–Crippen LogP) is 1.57. The monoisotopic (exact) mass is 427 g/mol. The van der Waals surface area contributed by atoms with E-state index in [1.54, 1.807) is 4.90 Å². The van der Waals surface area contributed by atoms with Crippen LogP contribution in [-0.4, -0.2) is 92.0 Å². The molecule has 3 rings (SSSR count). The Morgan fingerprint density at radius 1 is 1.00 bits per heavy atom. The molecule has 0 radical (unpaired) electrons. The Kier molecular flexibility index (Phi) is 8.68. The van der Waals surface area contributed by atoms with E-state index in [0.717, 1.165) is 63.5 Å². The van der Waals surface area contributed by atoms with E-state index in [4.69, 9.17) is 10.00 Å². The van der Waals surface area contributed by atoms with Crippen molar-refractivity contribution in [3.05, 3.63) is 24.3 Å². The normalized spacial score (nSPS) is 17.4. The van der Waals surface area contributed by atoms with Crippen molar-refractivity contribution in [2.24, 2.45) is 0 Å². The molecule has 0 N–H and O–H groups in total. The maximum atomic E-state index is 13.0. The lowest BCUT2D eigenvalue weighted by Crippen LogP contribution is -2.52. The van der Waals surface area contributed by atoms with Gasteiger partial charge < -0.3 is 14.5 Å². The molecular weight excluding hydrogens is 394 g/mol. The summed E-state index contributed by atoms with van der Waals surface area (Å²) in [5.41, 5.74) is 0.776. The van der Waals surface area contributed by atoms with E-state index >= 15 is 0 Å². The van der Waals surface area contributed by atoms with Gasteiger partial charge in [-0.1, -0.05) is 0 Å². The Morgan fingerprint density at radius 2 is 1.61 bits per heavy atom. The summed E-state index contributed by atoms with van der Waals surface area (Å²) in [6.07, 6.45) is 2.50. The summed E-state index contributed by atoms with van der Waals surface area (Å²) in [5.74, 6) is 0.972. The van der Waals surface area contributed by atoms with E-state index < -0.39 is 0 Å². The summed E-state index contributed by atoms with van der Waals surface area (Å²) in [5, 5.41) is 9.00.